The molecule has 0 aliphatic carbocycles. The Bertz CT molecular complexity index is 884. The van der Waals surface area contributed by atoms with E-state index >= 15 is 0 Å². The summed E-state index contributed by atoms with van der Waals surface area (Å²) in [4.78, 5) is 14.4. The fourth-order valence-electron chi connectivity index (χ4n) is 2.76. The van der Waals surface area contributed by atoms with E-state index in [1.807, 2.05) is 24.3 Å². The molecule has 3 aromatic rings. The van der Waals surface area contributed by atoms with Crippen molar-refractivity contribution in [3.05, 3.63) is 48.0 Å². The van der Waals surface area contributed by atoms with Crippen LogP contribution in [0.4, 0.5) is 0 Å². The number of carbonyl (C=O) groups is 1. The van der Waals surface area contributed by atoms with Gasteiger partial charge in [-0.05, 0) is 53.6 Å². The van der Waals surface area contributed by atoms with Crippen molar-refractivity contribution in [3.63, 3.8) is 0 Å². The summed E-state index contributed by atoms with van der Waals surface area (Å²) in [5.41, 5.74) is 8.98. The van der Waals surface area contributed by atoms with Crippen LogP contribution in [0.1, 0.15) is 5.56 Å². The van der Waals surface area contributed by atoms with Crippen LogP contribution < -0.4 is 10.5 Å². The van der Waals surface area contributed by atoms with Crippen molar-refractivity contribution in [2.24, 2.45) is 5.73 Å². The molecule has 3 rings (SSSR count). The van der Waals surface area contributed by atoms with Gasteiger partial charge >= 0.3 is 5.97 Å². The van der Waals surface area contributed by atoms with Gasteiger partial charge in [-0.3, -0.25) is 4.79 Å². The number of nitrogens with one attached hydrogen (secondary N) is 1. The lowest BCUT2D eigenvalue weighted by atomic mass is 9.99. The molecule has 1 heterocycles. The molecule has 0 amide bonds. The van der Waals surface area contributed by atoms with Gasteiger partial charge in [-0.25, -0.2) is 0 Å². The van der Waals surface area contributed by atoms with Crippen LogP contribution in [0.25, 0.3) is 22.2 Å². The van der Waals surface area contributed by atoms with Crippen molar-refractivity contribution in [2.75, 3.05) is 7.11 Å². The standard InChI is InChI=1S/C18H18N2O4/c1-24-12-5-2-10(3-6-12)17-14(9-15(19)18(22)23)13-8-11(21)4-7-16(13)20-17/h2-8,15,20-21H,9,19H2,1H3,(H,22,23). The summed E-state index contributed by atoms with van der Waals surface area (Å²) < 4.78 is 5.16. The third kappa shape index (κ3) is 2.91. The first kappa shape index (κ1) is 15.9. The first-order valence-electron chi connectivity index (χ1n) is 7.46. The Morgan fingerprint density at radius 1 is 1.25 bits per heavy atom. The molecule has 24 heavy (non-hydrogen) atoms. The lowest BCUT2D eigenvalue weighted by molar-refractivity contribution is -0.138. The van der Waals surface area contributed by atoms with E-state index in [2.05, 4.69) is 4.98 Å². The molecule has 0 spiro atoms. The second kappa shape index (κ2) is 6.25. The molecule has 1 atom stereocenters. The summed E-state index contributed by atoms with van der Waals surface area (Å²) in [5.74, 6) is -0.214. The number of aromatic hydroxyl groups is 1. The molecule has 0 fully saturated rings. The predicted octanol–water partition coefficient (Wildman–Crippen LogP) is 2.50. The van der Waals surface area contributed by atoms with Crippen LogP contribution >= 0.6 is 0 Å². The smallest absolute Gasteiger partial charge is 0.320 e. The zero-order chi connectivity index (χ0) is 17.3. The van der Waals surface area contributed by atoms with Crippen LogP contribution in [0.5, 0.6) is 11.5 Å². The van der Waals surface area contributed by atoms with Crippen LogP contribution in [0.3, 0.4) is 0 Å². The summed E-state index contributed by atoms with van der Waals surface area (Å²) in [6.45, 7) is 0. The Morgan fingerprint density at radius 2 is 1.96 bits per heavy atom. The Morgan fingerprint density at radius 3 is 2.58 bits per heavy atom. The SMILES string of the molecule is COc1ccc(-c2[nH]c3ccc(O)cc3c2CC(N)C(=O)O)cc1. The Hall–Kier alpha value is -2.99. The van der Waals surface area contributed by atoms with E-state index in [0.29, 0.717) is 0 Å². The van der Waals surface area contributed by atoms with Crippen LogP contribution in [0, 0.1) is 0 Å². The highest BCUT2D eigenvalue weighted by molar-refractivity contribution is 5.92. The Labute approximate surface area is 138 Å². The maximum Gasteiger partial charge on any atom is 0.320 e. The van der Waals surface area contributed by atoms with E-state index in [9.17, 15) is 9.90 Å². The molecule has 6 heteroatoms. The number of phenols is 1. The molecule has 0 radical (unpaired) electrons. The number of H-pyrrole nitrogens is 1. The zero-order valence-corrected chi connectivity index (χ0v) is 13.1. The number of phenolic OH excluding ortho intramolecular Hbond substituents is 1. The highest BCUT2D eigenvalue weighted by Crippen LogP contribution is 2.33. The molecule has 1 aromatic heterocycles. The molecule has 5 N–H and O–H groups in total. The van der Waals surface area contributed by atoms with Crippen LogP contribution in [0.15, 0.2) is 42.5 Å². The molecule has 0 bridgehead atoms. The minimum atomic E-state index is -1.06. The van der Waals surface area contributed by atoms with Gasteiger partial charge < -0.3 is 25.7 Å². The number of methoxy groups -OCH3 is 1. The highest BCUT2D eigenvalue weighted by atomic mass is 16.5. The molecule has 124 valence electrons. The minimum absolute atomic E-state index is 0.118. The van der Waals surface area contributed by atoms with Crippen LogP contribution in [-0.2, 0) is 11.2 Å². The van der Waals surface area contributed by atoms with Gasteiger partial charge in [0.25, 0.3) is 0 Å². The number of carboxylic acids is 1. The number of nitrogens with two attached hydrogens (primary N) is 1. The first-order chi connectivity index (χ1) is 11.5. The molecular formula is C18H18N2O4. The Kier molecular flexibility index (Phi) is 4.14. The molecule has 1 unspecified atom stereocenters. The molecule has 0 aliphatic rings. The lowest BCUT2D eigenvalue weighted by Crippen LogP contribution is -2.32. The van der Waals surface area contributed by atoms with Gasteiger partial charge in [0, 0.05) is 23.0 Å². The van der Waals surface area contributed by atoms with Gasteiger partial charge in [0.15, 0.2) is 0 Å². The number of hydrogen-bond donors (Lipinski definition) is 4. The number of ether oxygens (including phenoxy) is 1. The van der Waals surface area contributed by atoms with Gasteiger partial charge in [-0.15, -0.1) is 0 Å². The molecule has 0 aliphatic heterocycles. The molecule has 6 nitrogen and oxygen atoms in total. The quantitative estimate of drug-likeness (QED) is 0.576. The largest absolute Gasteiger partial charge is 0.508 e. The monoisotopic (exact) mass is 326 g/mol. The van der Waals surface area contributed by atoms with E-state index in [1.54, 1.807) is 25.3 Å². The van der Waals surface area contributed by atoms with Gasteiger partial charge in [0.1, 0.15) is 17.5 Å². The van der Waals surface area contributed by atoms with Crippen LogP contribution in [-0.4, -0.2) is 34.3 Å². The second-order valence-electron chi connectivity index (χ2n) is 5.59. The normalized spacial score (nSPS) is 12.2. The number of aliphatic carboxylic acids is 1. The van der Waals surface area contributed by atoms with Gasteiger partial charge in [-0.2, -0.15) is 0 Å². The minimum Gasteiger partial charge on any atom is -0.508 e. The summed E-state index contributed by atoms with van der Waals surface area (Å²) >= 11 is 0. The maximum atomic E-state index is 11.2. The molecular weight excluding hydrogens is 308 g/mol. The van der Waals surface area contributed by atoms with Crippen molar-refractivity contribution < 1.29 is 19.7 Å². The average Bonchev–Trinajstić information content (AvgIpc) is 2.92. The Balaban J connectivity index is 2.15. The van der Waals surface area contributed by atoms with E-state index < -0.39 is 12.0 Å². The van der Waals surface area contributed by atoms with Gasteiger partial charge in [0.2, 0.25) is 0 Å². The van der Waals surface area contributed by atoms with Gasteiger partial charge in [0.05, 0.1) is 7.11 Å². The topological polar surface area (TPSA) is 109 Å². The van der Waals surface area contributed by atoms with Crippen molar-refractivity contribution in [1.29, 1.82) is 0 Å². The van der Waals surface area contributed by atoms with Crippen molar-refractivity contribution in [1.82, 2.24) is 4.98 Å². The number of hydrogen-bond acceptors (Lipinski definition) is 4. The fraction of sp³-hybridized carbons (Fsp3) is 0.167. The molecule has 2 aromatic carbocycles. The van der Waals surface area contributed by atoms with Crippen molar-refractivity contribution >= 4 is 16.9 Å². The first-order valence-corrected chi connectivity index (χ1v) is 7.46. The zero-order valence-electron chi connectivity index (χ0n) is 13.1. The average molecular weight is 326 g/mol. The number of benzene rings is 2. The van der Waals surface area contributed by atoms with Crippen LogP contribution in [0.2, 0.25) is 0 Å². The summed E-state index contributed by atoms with van der Waals surface area (Å²) in [6.07, 6.45) is 0.153. The summed E-state index contributed by atoms with van der Waals surface area (Å²) in [6, 6.07) is 11.4. The predicted molar refractivity (Wildman–Crippen MR) is 91.3 cm³/mol. The van der Waals surface area contributed by atoms with E-state index in [-0.39, 0.29) is 12.2 Å². The maximum absolute atomic E-state index is 11.2. The number of carboxylic acid groups (broad SMARTS) is 1. The molecule has 0 saturated heterocycles. The van der Waals surface area contributed by atoms with E-state index in [1.165, 1.54) is 0 Å². The second-order valence-corrected chi connectivity index (χ2v) is 5.59. The fourth-order valence-corrected chi connectivity index (χ4v) is 2.76. The molecule has 0 saturated carbocycles. The number of fused-ring (bicyclic) bond motifs is 1. The number of rotatable bonds is 5. The van der Waals surface area contributed by atoms with Crippen molar-refractivity contribution in [2.45, 2.75) is 12.5 Å². The van der Waals surface area contributed by atoms with Gasteiger partial charge in [-0.1, -0.05) is 0 Å². The van der Waals surface area contributed by atoms with Crippen molar-refractivity contribution in [3.8, 4) is 22.8 Å². The summed E-state index contributed by atoms with van der Waals surface area (Å²) in [7, 11) is 1.60. The lowest BCUT2D eigenvalue weighted by Gasteiger charge is -2.09. The third-order valence-corrected chi connectivity index (χ3v) is 4.01. The summed E-state index contributed by atoms with van der Waals surface area (Å²) in [5, 5.41) is 19.7. The number of aromatic nitrogens is 1. The van der Waals surface area contributed by atoms with E-state index in [4.69, 9.17) is 15.6 Å². The number of aromatic amines is 1. The van der Waals surface area contributed by atoms with E-state index in [0.717, 1.165) is 33.5 Å². The highest BCUT2D eigenvalue weighted by Gasteiger charge is 2.20. The third-order valence-electron chi connectivity index (χ3n) is 4.01.